The second-order valence-electron chi connectivity index (χ2n) is 12.0. The minimum atomic E-state index is -1.07. The van der Waals surface area contributed by atoms with Gasteiger partial charge in [0.1, 0.15) is 5.75 Å². The molecule has 1 atom stereocenters. The Hall–Kier alpha value is -5.46. The molecule has 0 spiro atoms. The molecule has 1 fully saturated rings. The van der Waals surface area contributed by atoms with Crippen LogP contribution in [0.5, 0.6) is 5.75 Å². The first-order valence-electron chi connectivity index (χ1n) is 15.9. The van der Waals surface area contributed by atoms with E-state index >= 15 is 0 Å². The molecule has 244 valence electrons. The second kappa shape index (κ2) is 13.3. The topological polar surface area (TPSA) is 138 Å². The van der Waals surface area contributed by atoms with Crippen LogP contribution in [0.15, 0.2) is 85.3 Å². The van der Waals surface area contributed by atoms with E-state index < -0.39 is 5.60 Å². The number of hydrogen-bond acceptors (Lipinski definition) is 9. The fraction of sp³-hybridized carbons (Fsp3) is 0.278. The van der Waals surface area contributed by atoms with Crippen LogP contribution < -0.4 is 10.1 Å². The first-order chi connectivity index (χ1) is 23.4. The van der Waals surface area contributed by atoms with Crippen LogP contribution in [0.1, 0.15) is 18.5 Å². The SMILES string of the molecule is COc1ccc(-c2n[nH]c3ccc(NC(=O)[C@]4(OC)CCN(CC(=O)N5CC=C(c6ccc(-c7ncccn7)cn6)CC5)C4)cc23)cc1. The van der Waals surface area contributed by atoms with Crippen LogP contribution in [0.25, 0.3) is 39.1 Å². The summed E-state index contributed by atoms with van der Waals surface area (Å²) in [6.07, 6.45) is 8.46. The number of carbonyl (C=O) groups is 2. The Balaban J connectivity index is 0.960. The number of methoxy groups -OCH3 is 2. The number of nitrogens with one attached hydrogen (secondary N) is 2. The second-order valence-corrected chi connectivity index (χ2v) is 12.0. The van der Waals surface area contributed by atoms with Crippen LogP contribution in [0.2, 0.25) is 0 Å². The predicted octanol–water partition coefficient (Wildman–Crippen LogP) is 4.44. The monoisotopic (exact) mass is 644 g/mol. The van der Waals surface area contributed by atoms with Crippen molar-refractivity contribution in [2.24, 2.45) is 0 Å². The lowest BCUT2D eigenvalue weighted by molar-refractivity contribution is -0.138. The van der Waals surface area contributed by atoms with E-state index in [1.807, 2.05) is 64.4 Å². The quantitative estimate of drug-likeness (QED) is 0.239. The van der Waals surface area contributed by atoms with Gasteiger partial charge in [0.2, 0.25) is 5.91 Å². The van der Waals surface area contributed by atoms with Crippen molar-refractivity contribution in [1.82, 2.24) is 34.9 Å². The lowest BCUT2D eigenvalue weighted by Gasteiger charge is -2.29. The Labute approximate surface area is 277 Å². The van der Waals surface area contributed by atoms with Crippen molar-refractivity contribution in [2.75, 3.05) is 52.3 Å². The molecule has 2 aliphatic rings. The number of anilines is 1. The van der Waals surface area contributed by atoms with Crippen molar-refractivity contribution < 1.29 is 19.1 Å². The number of fused-ring (bicyclic) bond motifs is 1. The van der Waals surface area contributed by atoms with E-state index in [9.17, 15) is 9.59 Å². The average molecular weight is 645 g/mol. The number of aromatic amines is 1. The normalized spacial score (nSPS) is 18.1. The third-order valence-corrected chi connectivity index (χ3v) is 9.14. The van der Waals surface area contributed by atoms with Crippen LogP contribution in [0, 0.1) is 0 Å². The molecule has 12 nitrogen and oxygen atoms in total. The van der Waals surface area contributed by atoms with Gasteiger partial charge in [0.15, 0.2) is 11.4 Å². The van der Waals surface area contributed by atoms with Gasteiger partial charge in [-0.15, -0.1) is 0 Å². The summed E-state index contributed by atoms with van der Waals surface area (Å²) in [7, 11) is 3.18. The van der Waals surface area contributed by atoms with E-state index in [1.165, 1.54) is 0 Å². The molecule has 5 aromatic rings. The minimum absolute atomic E-state index is 0.0265. The van der Waals surface area contributed by atoms with Gasteiger partial charge in [0, 0.05) is 74.1 Å². The molecule has 0 unspecified atom stereocenters. The smallest absolute Gasteiger partial charge is 0.258 e. The van der Waals surface area contributed by atoms with Gasteiger partial charge in [-0.3, -0.25) is 24.6 Å². The molecule has 3 aromatic heterocycles. The molecule has 12 heteroatoms. The number of aromatic nitrogens is 5. The third-order valence-electron chi connectivity index (χ3n) is 9.14. The maximum Gasteiger partial charge on any atom is 0.258 e. The Morgan fingerprint density at radius 1 is 0.979 bits per heavy atom. The number of nitrogens with zero attached hydrogens (tertiary/aromatic N) is 6. The van der Waals surface area contributed by atoms with Crippen LogP contribution >= 0.6 is 0 Å². The van der Waals surface area contributed by atoms with Gasteiger partial charge in [0.05, 0.1) is 30.6 Å². The van der Waals surface area contributed by atoms with Crippen LogP contribution in [-0.2, 0) is 14.3 Å². The highest BCUT2D eigenvalue weighted by Gasteiger charge is 2.45. The number of likely N-dealkylation sites (tertiary alicyclic amines) is 1. The summed E-state index contributed by atoms with van der Waals surface area (Å²) < 4.78 is 11.1. The van der Waals surface area contributed by atoms with Gasteiger partial charge < -0.3 is 19.7 Å². The van der Waals surface area contributed by atoms with E-state index in [2.05, 4.69) is 36.5 Å². The molecule has 7 rings (SSSR count). The molecule has 5 heterocycles. The van der Waals surface area contributed by atoms with Gasteiger partial charge in [-0.1, -0.05) is 6.08 Å². The third kappa shape index (κ3) is 6.27. The fourth-order valence-electron chi connectivity index (χ4n) is 6.33. The lowest BCUT2D eigenvalue weighted by atomic mass is 10.0. The first-order valence-corrected chi connectivity index (χ1v) is 15.9. The Morgan fingerprint density at radius 3 is 2.50 bits per heavy atom. The molecule has 0 bridgehead atoms. The van der Waals surface area contributed by atoms with Crippen molar-refractivity contribution in [3.8, 4) is 28.4 Å². The number of rotatable bonds is 9. The Morgan fingerprint density at radius 2 is 1.79 bits per heavy atom. The number of carbonyl (C=O) groups excluding carboxylic acids is 2. The molecule has 2 aliphatic heterocycles. The minimum Gasteiger partial charge on any atom is -0.497 e. The number of hydrogen-bond donors (Lipinski definition) is 2. The summed E-state index contributed by atoms with van der Waals surface area (Å²) in [5.41, 5.74) is 5.00. The van der Waals surface area contributed by atoms with E-state index in [1.54, 1.807) is 38.9 Å². The molecule has 0 aliphatic carbocycles. The maximum absolute atomic E-state index is 13.7. The van der Waals surface area contributed by atoms with Crippen molar-refractivity contribution >= 4 is 34.0 Å². The van der Waals surface area contributed by atoms with E-state index in [0.29, 0.717) is 50.5 Å². The van der Waals surface area contributed by atoms with Crippen LogP contribution in [0.3, 0.4) is 0 Å². The van der Waals surface area contributed by atoms with E-state index in [4.69, 9.17) is 9.47 Å². The zero-order valence-electron chi connectivity index (χ0n) is 26.8. The maximum atomic E-state index is 13.7. The van der Waals surface area contributed by atoms with Gasteiger partial charge in [-0.25, -0.2) is 9.97 Å². The van der Waals surface area contributed by atoms with Gasteiger partial charge >= 0.3 is 0 Å². The fourth-order valence-corrected chi connectivity index (χ4v) is 6.33. The van der Waals surface area contributed by atoms with Gasteiger partial charge in [-0.2, -0.15) is 5.10 Å². The average Bonchev–Trinajstić information content (AvgIpc) is 3.77. The summed E-state index contributed by atoms with van der Waals surface area (Å²) >= 11 is 0. The summed E-state index contributed by atoms with van der Waals surface area (Å²) in [6.45, 7) is 2.23. The molecule has 2 N–H and O–H groups in total. The van der Waals surface area contributed by atoms with Crippen molar-refractivity contribution in [3.05, 3.63) is 91.0 Å². The summed E-state index contributed by atoms with van der Waals surface area (Å²) in [6, 6.07) is 19.1. The van der Waals surface area contributed by atoms with E-state index in [-0.39, 0.29) is 18.4 Å². The van der Waals surface area contributed by atoms with Gasteiger partial charge in [0.25, 0.3) is 5.91 Å². The van der Waals surface area contributed by atoms with Crippen molar-refractivity contribution in [2.45, 2.75) is 18.4 Å². The largest absolute Gasteiger partial charge is 0.497 e. The Kier molecular flexibility index (Phi) is 8.66. The van der Waals surface area contributed by atoms with Crippen LogP contribution in [0.4, 0.5) is 5.69 Å². The highest BCUT2D eigenvalue weighted by atomic mass is 16.5. The first kappa shape index (κ1) is 31.2. The number of H-pyrrole nitrogens is 1. The highest BCUT2D eigenvalue weighted by Crippen LogP contribution is 2.32. The molecule has 48 heavy (non-hydrogen) atoms. The molecular formula is C36H36N8O4. The lowest BCUT2D eigenvalue weighted by Crippen LogP contribution is -2.48. The van der Waals surface area contributed by atoms with E-state index in [0.717, 1.165) is 44.7 Å². The molecule has 1 saturated heterocycles. The molecular weight excluding hydrogens is 608 g/mol. The summed E-state index contributed by atoms with van der Waals surface area (Å²) in [5, 5.41) is 11.5. The summed E-state index contributed by atoms with van der Waals surface area (Å²) in [5.74, 6) is 1.19. The molecule has 2 aromatic carbocycles. The number of benzene rings is 2. The standard InChI is InChI=1S/C36H36N8O4/c1-47-28-8-4-25(5-9-28)33-29-20-27(7-11-31(29)41-42-33)40-35(46)36(48-2)14-19-43(23-36)22-32(45)44-17-12-24(13-18-44)30-10-6-26(21-39-30)34-37-15-3-16-38-34/h3-12,15-16,20-21H,13-14,17-19,22-23H2,1-2H3,(H,40,46)(H,41,42)/t36-/m0/s1. The summed E-state index contributed by atoms with van der Waals surface area (Å²) in [4.78, 5) is 44.0. The number of ether oxygens (including phenoxy) is 2. The molecule has 2 amide bonds. The van der Waals surface area contributed by atoms with Gasteiger partial charge in [-0.05, 0) is 79.1 Å². The molecule has 0 saturated carbocycles. The number of pyridine rings is 1. The highest BCUT2D eigenvalue weighted by molar-refractivity contribution is 6.01. The predicted molar refractivity (Wildman–Crippen MR) is 182 cm³/mol. The zero-order valence-corrected chi connectivity index (χ0v) is 26.8. The van der Waals surface area contributed by atoms with Crippen molar-refractivity contribution in [1.29, 1.82) is 0 Å². The molecule has 0 radical (unpaired) electrons. The Bertz CT molecular complexity index is 1960. The van der Waals surface area contributed by atoms with Crippen LogP contribution in [-0.4, -0.2) is 99.3 Å². The zero-order chi connectivity index (χ0) is 33.1. The van der Waals surface area contributed by atoms with Crippen molar-refractivity contribution in [3.63, 3.8) is 0 Å². The number of amides is 2.